The Hall–Kier alpha value is -2.35. The number of ketones is 1. The summed E-state index contributed by atoms with van der Waals surface area (Å²) < 4.78 is 0. The normalized spacial score (nSPS) is 11.8. The Bertz CT molecular complexity index is 797. The summed E-state index contributed by atoms with van der Waals surface area (Å²) in [6, 6.07) is 16.0. The van der Waals surface area contributed by atoms with Crippen molar-refractivity contribution in [2.24, 2.45) is 0 Å². The summed E-state index contributed by atoms with van der Waals surface area (Å²) in [6.07, 6.45) is 1.84. The third-order valence-electron chi connectivity index (χ3n) is 4.22. The number of hydrogen-bond acceptors (Lipinski definition) is 1. The lowest BCUT2D eigenvalue weighted by atomic mass is 9.78. The monoisotopic (exact) mass is 277 g/mol. The van der Waals surface area contributed by atoms with Gasteiger partial charge in [-0.3, -0.25) is 4.79 Å². The molecule has 1 aromatic heterocycles. The van der Waals surface area contributed by atoms with E-state index in [-0.39, 0.29) is 5.78 Å². The van der Waals surface area contributed by atoms with Crippen LogP contribution < -0.4 is 0 Å². The molecule has 0 spiro atoms. The number of hydrogen-bond donors (Lipinski definition) is 1. The molecule has 2 nitrogen and oxygen atoms in total. The molecule has 2 heteroatoms. The van der Waals surface area contributed by atoms with Gasteiger partial charge in [0.15, 0.2) is 5.78 Å². The average molecular weight is 277 g/mol. The summed E-state index contributed by atoms with van der Waals surface area (Å²) in [4.78, 5) is 16.3. The first-order chi connectivity index (χ1) is 10.0. The summed E-state index contributed by atoms with van der Waals surface area (Å²) in [7, 11) is 0. The number of aromatic nitrogens is 1. The minimum atomic E-state index is -0.543. The van der Waals surface area contributed by atoms with Gasteiger partial charge in [-0.25, -0.2) is 0 Å². The van der Waals surface area contributed by atoms with Gasteiger partial charge in [0.1, 0.15) is 0 Å². The van der Waals surface area contributed by atoms with Gasteiger partial charge in [0, 0.05) is 22.7 Å². The number of nitrogens with one attached hydrogen (secondary N) is 1. The van der Waals surface area contributed by atoms with Crippen molar-refractivity contribution in [3.63, 3.8) is 0 Å². The zero-order valence-corrected chi connectivity index (χ0v) is 12.6. The Balaban J connectivity index is 2.13. The van der Waals surface area contributed by atoms with Crippen LogP contribution in [0.1, 0.15) is 35.3 Å². The van der Waals surface area contributed by atoms with Crippen LogP contribution in [0.3, 0.4) is 0 Å². The van der Waals surface area contributed by atoms with E-state index >= 15 is 0 Å². The second-order valence-electron chi connectivity index (χ2n) is 6.02. The highest BCUT2D eigenvalue weighted by Crippen LogP contribution is 2.31. The second-order valence-corrected chi connectivity index (χ2v) is 6.02. The van der Waals surface area contributed by atoms with Crippen LogP contribution >= 0.6 is 0 Å². The molecule has 0 aliphatic carbocycles. The van der Waals surface area contributed by atoms with Crippen LogP contribution in [0.2, 0.25) is 0 Å². The molecule has 0 fully saturated rings. The highest BCUT2D eigenvalue weighted by molar-refractivity contribution is 6.13. The largest absolute Gasteiger partial charge is 0.360 e. The van der Waals surface area contributed by atoms with E-state index < -0.39 is 5.41 Å². The molecule has 1 N–H and O–H groups in total. The number of benzene rings is 2. The molecule has 0 saturated heterocycles. The van der Waals surface area contributed by atoms with E-state index in [1.807, 2.05) is 75.5 Å². The van der Waals surface area contributed by atoms with E-state index in [4.69, 9.17) is 0 Å². The van der Waals surface area contributed by atoms with E-state index in [0.717, 1.165) is 27.6 Å². The number of carbonyl (C=O) groups is 1. The number of rotatable bonds is 3. The average Bonchev–Trinajstić information content (AvgIpc) is 2.92. The van der Waals surface area contributed by atoms with Crippen LogP contribution in [0.25, 0.3) is 10.9 Å². The fourth-order valence-electron chi connectivity index (χ4n) is 2.87. The van der Waals surface area contributed by atoms with Gasteiger partial charge in [0.2, 0.25) is 0 Å². The first-order valence-corrected chi connectivity index (χ1v) is 7.19. The third-order valence-corrected chi connectivity index (χ3v) is 4.22. The summed E-state index contributed by atoms with van der Waals surface area (Å²) in [5.74, 6) is 0.147. The highest BCUT2D eigenvalue weighted by Gasteiger charge is 2.32. The molecule has 0 atom stereocenters. The molecule has 0 aliphatic rings. The van der Waals surface area contributed by atoms with Crippen molar-refractivity contribution >= 4 is 16.7 Å². The third kappa shape index (κ3) is 2.17. The van der Waals surface area contributed by atoms with Gasteiger partial charge < -0.3 is 4.98 Å². The minimum absolute atomic E-state index is 0.147. The van der Waals surface area contributed by atoms with Crippen molar-refractivity contribution < 1.29 is 4.79 Å². The maximum Gasteiger partial charge on any atom is 0.174 e. The zero-order chi connectivity index (χ0) is 15.0. The molecule has 2 aromatic carbocycles. The fourth-order valence-corrected chi connectivity index (χ4v) is 2.87. The van der Waals surface area contributed by atoms with Gasteiger partial charge in [0.05, 0.1) is 5.41 Å². The Kier molecular flexibility index (Phi) is 3.17. The first kappa shape index (κ1) is 13.6. The lowest BCUT2D eigenvalue weighted by Gasteiger charge is -2.23. The molecule has 3 rings (SSSR count). The van der Waals surface area contributed by atoms with E-state index in [1.54, 1.807) is 0 Å². The number of aryl methyl sites for hydroxylation is 1. The van der Waals surface area contributed by atoms with E-state index in [0.29, 0.717) is 0 Å². The molecule has 0 saturated carbocycles. The SMILES string of the molecule is Cc1cccc2[nH]cc(C(=O)C(C)(C)c3ccccc3)c12. The molecular formula is C19H19NO. The van der Waals surface area contributed by atoms with Gasteiger partial charge in [-0.05, 0) is 38.0 Å². The summed E-state index contributed by atoms with van der Waals surface area (Å²) in [5, 5.41) is 1.03. The number of H-pyrrole nitrogens is 1. The predicted octanol–water partition coefficient (Wildman–Crippen LogP) is 4.64. The number of aromatic amines is 1. The van der Waals surface area contributed by atoms with E-state index in [9.17, 15) is 4.79 Å². The molecule has 0 amide bonds. The molecular weight excluding hydrogens is 258 g/mol. The lowest BCUT2D eigenvalue weighted by molar-refractivity contribution is 0.0910. The molecule has 0 unspecified atom stereocenters. The van der Waals surface area contributed by atoms with Crippen molar-refractivity contribution in [1.82, 2.24) is 4.98 Å². The molecule has 0 aliphatic heterocycles. The Morgan fingerprint density at radius 1 is 1.00 bits per heavy atom. The first-order valence-electron chi connectivity index (χ1n) is 7.19. The quantitative estimate of drug-likeness (QED) is 0.695. The van der Waals surface area contributed by atoms with Gasteiger partial charge in [-0.2, -0.15) is 0 Å². The number of carbonyl (C=O) groups excluding carboxylic acids is 1. The van der Waals surface area contributed by atoms with Crippen LogP contribution in [0.4, 0.5) is 0 Å². The summed E-state index contributed by atoms with van der Waals surface area (Å²) >= 11 is 0. The van der Waals surface area contributed by atoms with Crippen LogP contribution in [0.15, 0.2) is 54.7 Å². The molecule has 106 valence electrons. The van der Waals surface area contributed by atoms with Crippen molar-refractivity contribution in [3.8, 4) is 0 Å². The smallest absolute Gasteiger partial charge is 0.174 e. The standard InChI is InChI=1S/C19H19NO/c1-13-8-7-11-16-17(13)15(12-20-16)18(21)19(2,3)14-9-5-4-6-10-14/h4-12,20H,1-3H3. The molecule has 0 radical (unpaired) electrons. The maximum atomic E-state index is 13.1. The van der Waals surface area contributed by atoms with Gasteiger partial charge in [0.25, 0.3) is 0 Å². The van der Waals surface area contributed by atoms with Crippen molar-refractivity contribution in [2.45, 2.75) is 26.2 Å². The molecule has 0 bridgehead atoms. The van der Waals surface area contributed by atoms with Crippen molar-refractivity contribution in [2.75, 3.05) is 0 Å². The van der Waals surface area contributed by atoms with E-state index in [1.165, 1.54) is 0 Å². The van der Waals surface area contributed by atoms with Crippen LogP contribution in [0.5, 0.6) is 0 Å². The minimum Gasteiger partial charge on any atom is -0.360 e. The van der Waals surface area contributed by atoms with E-state index in [2.05, 4.69) is 4.98 Å². The maximum absolute atomic E-state index is 13.1. The summed E-state index contributed by atoms with van der Waals surface area (Å²) in [6.45, 7) is 6.02. The Morgan fingerprint density at radius 2 is 1.71 bits per heavy atom. The molecule has 21 heavy (non-hydrogen) atoms. The zero-order valence-electron chi connectivity index (χ0n) is 12.6. The topological polar surface area (TPSA) is 32.9 Å². The van der Waals surface area contributed by atoms with Crippen molar-refractivity contribution in [1.29, 1.82) is 0 Å². The number of fused-ring (bicyclic) bond motifs is 1. The Morgan fingerprint density at radius 3 is 2.43 bits per heavy atom. The highest BCUT2D eigenvalue weighted by atomic mass is 16.1. The van der Waals surface area contributed by atoms with Crippen LogP contribution in [-0.4, -0.2) is 10.8 Å². The fraction of sp³-hybridized carbons (Fsp3) is 0.211. The van der Waals surface area contributed by atoms with Crippen molar-refractivity contribution in [3.05, 3.63) is 71.4 Å². The summed E-state index contributed by atoms with van der Waals surface area (Å²) in [5.41, 5.74) is 3.41. The molecule has 1 heterocycles. The second kappa shape index (κ2) is 4.88. The molecule has 3 aromatic rings. The predicted molar refractivity (Wildman–Crippen MR) is 86.8 cm³/mol. The Labute approximate surface area is 124 Å². The van der Waals surface area contributed by atoms with Gasteiger partial charge >= 0.3 is 0 Å². The number of Topliss-reactive ketones (excluding diaryl/α,β-unsaturated/α-hetero) is 1. The van der Waals surface area contributed by atoms with Crippen LogP contribution in [0, 0.1) is 6.92 Å². The van der Waals surface area contributed by atoms with Gasteiger partial charge in [-0.1, -0.05) is 42.5 Å². The van der Waals surface area contributed by atoms with Gasteiger partial charge in [-0.15, -0.1) is 0 Å². The lowest BCUT2D eigenvalue weighted by Crippen LogP contribution is -2.29. The van der Waals surface area contributed by atoms with Crippen LogP contribution in [-0.2, 0) is 5.41 Å².